The first-order valence-corrected chi connectivity index (χ1v) is 10.7. The average Bonchev–Trinajstić information content (AvgIpc) is 3.03. The van der Waals surface area contributed by atoms with Crippen LogP contribution in [0, 0.1) is 6.92 Å². The molecule has 3 rings (SSSR count). The van der Waals surface area contributed by atoms with Gasteiger partial charge in [-0.05, 0) is 43.7 Å². The molecule has 0 saturated heterocycles. The summed E-state index contributed by atoms with van der Waals surface area (Å²) in [6, 6.07) is 18.0. The Labute approximate surface area is 168 Å². The molecule has 0 spiro atoms. The largest absolute Gasteiger partial charge is 0.494 e. The van der Waals surface area contributed by atoms with E-state index in [9.17, 15) is 4.79 Å². The first kappa shape index (κ1) is 19.5. The molecule has 27 heavy (non-hydrogen) atoms. The number of aromatic nitrogens is 1. The number of ether oxygens (including phenoxy) is 1. The van der Waals surface area contributed by atoms with Crippen LogP contribution in [0.5, 0.6) is 5.75 Å². The molecule has 0 aliphatic rings. The van der Waals surface area contributed by atoms with Crippen molar-refractivity contribution < 1.29 is 9.53 Å². The molecular formula is C21H22N2O2S2. The van der Waals surface area contributed by atoms with Gasteiger partial charge < -0.3 is 10.1 Å². The van der Waals surface area contributed by atoms with Gasteiger partial charge in [0.15, 0.2) is 5.13 Å². The van der Waals surface area contributed by atoms with Crippen molar-refractivity contribution in [3.8, 4) is 17.0 Å². The van der Waals surface area contributed by atoms with Gasteiger partial charge in [0.1, 0.15) is 5.75 Å². The highest BCUT2D eigenvalue weighted by Crippen LogP contribution is 2.31. The summed E-state index contributed by atoms with van der Waals surface area (Å²) < 4.78 is 5.48. The number of carbonyl (C=O) groups excluding carboxylic acids is 1. The van der Waals surface area contributed by atoms with Crippen LogP contribution in [0.4, 0.5) is 5.13 Å². The Balaban J connectivity index is 1.56. The molecular weight excluding hydrogens is 376 g/mol. The van der Waals surface area contributed by atoms with Crippen molar-refractivity contribution in [2.45, 2.75) is 19.6 Å². The number of thiazole rings is 1. The molecule has 1 amide bonds. The third-order valence-electron chi connectivity index (χ3n) is 3.83. The third kappa shape index (κ3) is 5.58. The minimum absolute atomic E-state index is 0.0251. The van der Waals surface area contributed by atoms with E-state index in [0.717, 1.165) is 27.6 Å². The zero-order chi connectivity index (χ0) is 19.1. The van der Waals surface area contributed by atoms with Crippen LogP contribution >= 0.6 is 23.1 Å². The van der Waals surface area contributed by atoms with E-state index in [2.05, 4.69) is 22.4 Å². The Morgan fingerprint density at radius 2 is 1.89 bits per heavy atom. The van der Waals surface area contributed by atoms with Crippen molar-refractivity contribution in [3.63, 3.8) is 0 Å². The topological polar surface area (TPSA) is 51.2 Å². The minimum Gasteiger partial charge on any atom is -0.494 e. The van der Waals surface area contributed by atoms with E-state index in [0.29, 0.717) is 17.5 Å². The van der Waals surface area contributed by atoms with Crippen LogP contribution in [0.1, 0.15) is 17.4 Å². The van der Waals surface area contributed by atoms with Crippen molar-refractivity contribution in [1.29, 1.82) is 0 Å². The van der Waals surface area contributed by atoms with E-state index in [-0.39, 0.29) is 5.91 Å². The second-order valence-corrected chi connectivity index (χ2v) is 8.10. The Morgan fingerprint density at radius 1 is 1.15 bits per heavy atom. The van der Waals surface area contributed by atoms with Crippen molar-refractivity contribution in [3.05, 3.63) is 65.0 Å². The summed E-state index contributed by atoms with van der Waals surface area (Å²) >= 11 is 3.10. The summed E-state index contributed by atoms with van der Waals surface area (Å²) in [5, 5.41) is 3.55. The lowest BCUT2D eigenvalue weighted by Crippen LogP contribution is -2.13. The molecule has 0 atom stereocenters. The molecule has 1 heterocycles. The summed E-state index contributed by atoms with van der Waals surface area (Å²) in [4.78, 5) is 17.9. The first-order valence-electron chi connectivity index (χ1n) is 8.78. The molecule has 3 aromatic rings. The number of carbonyl (C=O) groups is 1. The SMILES string of the molecule is CCOc1ccc(-c2nc(NC(=O)CSCc3ccccc3)sc2C)cc1. The van der Waals surface area contributed by atoms with Gasteiger partial charge in [-0.3, -0.25) is 4.79 Å². The number of nitrogens with one attached hydrogen (secondary N) is 1. The number of hydrogen-bond acceptors (Lipinski definition) is 5. The number of hydrogen-bond donors (Lipinski definition) is 1. The van der Waals surface area contributed by atoms with Crippen LogP contribution in [0.15, 0.2) is 54.6 Å². The summed E-state index contributed by atoms with van der Waals surface area (Å²) in [6.07, 6.45) is 0. The maximum atomic E-state index is 12.2. The number of anilines is 1. The third-order valence-corrected chi connectivity index (χ3v) is 5.72. The highest BCUT2D eigenvalue weighted by atomic mass is 32.2. The van der Waals surface area contributed by atoms with Gasteiger partial charge in [-0.2, -0.15) is 0 Å². The molecule has 0 radical (unpaired) electrons. The van der Waals surface area contributed by atoms with Crippen LogP contribution in [0.3, 0.4) is 0 Å². The van der Waals surface area contributed by atoms with E-state index in [1.807, 2.05) is 56.3 Å². The molecule has 1 N–H and O–H groups in total. The molecule has 0 saturated carbocycles. The number of thioether (sulfide) groups is 1. The van der Waals surface area contributed by atoms with E-state index in [1.54, 1.807) is 11.8 Å². The maximum absolute atomic E-state index is 12.2. The zero-order valence-corrected chi connectivity index (χ0v) is 17.0. The second kappa shape index (κ2) is 9.58. The van der Waals surface area contributed by atoms with Gasteiger partial charge in [0.25, 0.3) is 0 Å². The monoisotopic (exact) mass is 398 g/mol. The van der Waals surface area contributed by atoms with E-state index < -0.39 is 0 Å². The van der Waals surface area contributed by atoms with Gasteiger partial charge in [0.05, 0.1) is 18.1 Å². The summed E-state index contributed by atoms with van der Waals surface area (Å²) in [6.45, 7) is 4.63. The van der Waals surface area contributed by atoms with Gasteiger partial charge in [-0.1, -0.05) is 30.3 Å². The summed E-state index contributed by atoms with van der Waals surface area (Å²) in [7, 11) is 0. The second-order valence-electron chi connectivity index (χ2n) is 5.91. The van der Waals surface area contributed by atoms with Gasteiger partial charge in [0, 0.05) is 16.2 Å². The molecule has 0 aliphatic heterocycles. The first-order chi connectivity index (χ1) is 13.2. The number of rotatable bonds is 8. The normalized spacial score (nSPS) is 10.6. The van der Waals surface area contributed by atoms with Gasteiger partial charge in [-0.25, -0.2) is 4.98 Å². The lowest BCUT2D eigenvalue weighted by Gasteiger charge is -2.04. The van der Waals surface area contributed by atoms with Crippen molar-refractivity contribution in [2.75, 3.05) is 17.7 Å². The average molecular weight is 399 g/mol. The zero-order valence-electron chi connectivity index (χ0n) is 15.4. The minimum atomic E-state index is -0.0251. The molecule has 0 bridgehead atoms. The molecule has 2 aromatic carbocycles. The molecule has 6 heteroatoms. The fourth-order valence-corrected chi connectivity index (χ4v) is 4.22. The quantitative estimate of drug-likeness (QED) is 0.553. The molecule has 0 fully saturated rings. The molecule has 0 unspecified atom stereocenters. The number of benzene rings is 2. The summed E-state index contributed by atoms with van der Waals surface area (Å²) in [5.74, 6) is 2.05. The fraction of sp³-hybridized carbons (Fsp3) is 0.238. The van der Waals surface area contributed by atoms with E-state index in [1.165, 1.54) is 16.9 Å². The standard InChI is InChI=1S/C21H22N2O2S2/c1-3-25-18-11-9-17(10-12-18)20-15(2)27-21(23-20)22-19(24)14-26-13-16-7-5-4-6-8-16/h4-12H,3,13-14H2,1-2H3,(H,22,23,24). The van der Waals surface area contributed by atoms with Crippen LogP contribution in [-0.2, 0) is 10.5 Å². The van der Waals surface area contributed by atoms with Crippen LogP contribution in [-0.4, -0.2) is 23.3 Å². The van der Waals surface area contributed by atoms with Gasteiger partial charge in [-0.15, -0.1) is 23.1 Å². The van der Waals surface area contributed by atoms with E-state index in [4.69, 9.17) is 4.74 Å². The Kier molecular flexibility index (Phi) is 6.90. The molecule has 0 aliphatic carbocycles. The Morgan fingerprint density at radius 3 is 2.59 bits per heavy atom. The van der Waals surface area contributed by atoms with Crippen LogP contribution < -0.4 is 10.1 Å². The Hall–Kier alpha value is -2.31. The van der Waals surface area contributed by atoms with Crippen molar-refractivity contribution >= 4 is 34.1 Å². The lowest BCUT2D eigenvalue weighted by molar-refractivity contribution is -0.113. The fourth-order valence-electron chi connectivity index (χ4n) is 2.58. The number of amides is 1. The Bertz CT molecular complexity index is 877. The molecule has 1 aromatic heterocycles. The number of nitrogens with zero attached hydrogens (tertiary/aromatic N) is 1. The smallest absolute Gasteiger partial charge is 0.236 e. The highest BCUT2D eigenvalue weighted by molar-refractivity contribution is 7.99. The lowest BCUT2D eigenvalue weighted by atomic mass is 10.1. The van der Waals surface area contributed by atoms with Crippen molar-refractivity contribution in [1.82, 2.24) is 4.98 Å². The van der Waals surface area contributed by atoms with Crippen LogP contribution in [0.2, 0.25) is 0 Å². The van der Waals surface area contributed by atoms with Gasteiger partial charge in [0.2, 0.25) is 5.91 Å². The molecule has 140 valence electrons. The van der Waals surface area contributed by atoms with Crippen molar-refractivity contribution in [2.24, 2.45) is 0 Å². The van der Waals surface area contributed by atoms with Gasteiger partial charge >= 0.3 is 0 Å². The maximum Gasteiger partial charge on any atom is 0.236 e. The molecule has 4 nitrogen and oxygen atoms in total. The predicted molar refractivity (Wildman–Crippen MR) is 115 cm³/mol. The highest BCUT2D eigenvalue weighted by Gasteiger charge is 2.12. The number of aryl methyl sites for hydroxylation is 1. The van der Waals surface area contributed by atoms with E-state index >= 15 is 0 Å². The summed E-state index contributed by atoms with van der Waals surface area (Å²) in [5.41, 5.74) is 3.14. The predicted octanol–water partition coefficient (Wildman–Crippen LogP) is 5.39. The van der Waals surface area contributed by atoms with Crippen LogP contribution in [0.25, 0.3) is 11.3 Å².